The number of aryl methyl sites for hydroxylation is 2. The van der Waals surface area contributed by atoms with Crippen LogP contribution >= 0.6 is 0 Å². The predicted molar refractivity (Wildman–Crippen MR) is 116 cm³/mol. The summed E-state index contributed by atoms with van der Waals surface area (Å²) in [6.07, 6.45) is 0. The van der Waals surface area contributed by atoms with Crippen molar-refractivity contribution in [3.63, 3.8) is 0 Å². The maximum atomic E-state index is 14.3. The molecule has 1 aliphatic heterocycles. The van der Waals surface area contributed by atoms with Crippen LogP contribution in [0.4, 0.5) is 4.39 Å². The Bertz CT molecular complexity index is 1290. The zero-order chi connectivity index (χ0) is 22.8. The Balaban J connectivity index is 1.90. The number of carbonyl (C=O) groups is 1. The van der Waals surface area contributed by atoms with E-state index < -0.39 is 23.0 Å². The van der Waals surface area contributed by atoms with Gasteiger partial charge in [-0.2, -0.15) is 9.78 Å². The van der Waals surface area contributed by atoms with Gasteiger partial charge in [0.2, 0.25) is 5.69 Å². The molecule has 2 heterocycles. The number of hydrogen-bond acceptors (Lipinski definition) is 5. The molecule has 9 heteroatoms. The maximum Gasteiger partial charge on any atom is 0.352 e. The van der Waals surface area contributed by atoms with Gasteiger partial charge in [-0.05, 0) is 43.2 Å². The van der Waals surface area contributed by atoms with Gasteiger partial charge in [0.05, 0.1) is 25.4 Å². The van der Waals surface area contributed by atoms with E-state index in [1.165, 1.54) is 23.1 Å². The van der Waals surface area contributed by atoms with Crippen LogP contribution in [0.2, 0.25) is 0 Å². The summed E-state index contributed by atoms with van der Waals surface area (Å²) >= 11 is 0. The molecule has 0 bridgehead atoms. The number of halogens is 1. The lowest BCUT2D eigenvalue weighted by atomic mass is 10.1. The molecular weight excluding hydrogens is 415 g/mol. The molecule has 0 saturated carbocycles. The lowest BCUT2D eigenvalue weighted by molar-refractivity contribution is 0.0295. The van der Waals surface area contributed by atoms with Crippen molar-refractivity contribution in [3.8, 4) is 5.69 Å². The van der Waals surface area contributed by atoms with E-state index in [9.17, 15) is 18.8 Å². The number of amides is 1. The quantitative estimate of drug-likeness (QED) is 0.619. The van der Waals surface area contributed by atoms with E-state index in [1.54, 1.807) is 18.2 Å². The van der Waals surface area contributed by atoms with Gasteiger partial charge in [-0.25, -0.2) is 9.18 Å². The molecule has 1 aromatic heterocycles. The van der Waals surface area contributed by atoms with Gasteiger partial charge in [0, 0.05) is 18.7 Å². The number of hydrogen-bond donors (Lipinski definition) is 0. The van der Waals surface area contributed by atoms with Crippen molar-refractivity contribution in [2.24, 2.45) is 0 Å². The number of morpholine rings is 1. The summed E-state index contributed by atoms with van der Waals surface area (Å²) in [5.41, 5.74) is 0.525. The van der Waals surface area contributed by atoms with Gasteiger partial charge < -0.3 is 9.64 Å². The van der Waals surface area contributed by atoms with Gasteiger partial charge in [-0.15, -0.1) is 0 Å². The van der Waals surface area contributed by atoms with Gasteiger partial charge in [0.25, 0.3) is 11.5 Å². The van der Waals surface area contributed by atoms with Gasteiger partial charge in [-0.1, -0.05) is 24.3 Å². The SMILES string of the molecule is Cc1ccc(-n2nc(C(=O)N3CCOCC3)c(=O)n(Cc3ccccc3F)c2=O)cc1C. The molecular formula is C23H23FN4O4. The Morgan fingerprint density at radius 1 is 1.06 bits per heavy atom. The highest BCUT2D eigenvalue weighted by molar-refractivity contribution is 5.91. The molecule has 0 spiro atoms. The fourth-order valence-electron chi connectivity index (χ4n) is 3.53. The Morgan fingerprint density at radius 3 is 2.47 bits per heavy atom. The average Bonchev–Trinajstić information content (AvgIpc) is 2.80. The van der Waals surface area contributed by atoms with E-state index in [0.29, 0.717) is 32.0 Å². The van der Waals surface area contributed by atoms with Crippen LogP contribution in [0.3, 0.4) is 0 Å². The van der Waals surface area contributed by atoms with Crippen molar-refractivity contribution in [3.05, 3.63) is 91.5 Å². The van der Waals surface area contributed by atoms with E-state index in [0.717, 1.165) is 20.4 Å². The lowest BCUT2D eigenvalue weighted by Crippen LogP contribution is -2.48. The van der Waals surface area contributed by atoms with Crippen LogP contribution in [-0.4, -0.2) is 51.5 Å². The number of ether oxygens (including phenoxy) is 1. The summed E-state index contributed by atoms with van der Waals surface area (Å²) in [6, 6.07) is 11.2. The summed E-state index contributed by atoms with van der Waals surface area (Å²) in [7, 11) is 0. The molecule has 0 aliphatic carbocycles. The third-order valence-corrected chi connectivity index (χ3v) is 5.58. The van der Waals surface area contributed by atoms with Crippen LogP contribution in [0.25, 0.3) is 5.69 Å². The molecule has 0 unspecified atom stereocenters. The summed E-state index contributed by atoms with van der Waals surface area (Å²) < 4.78 is 21.4. The molecule has 1 fully saturated rings. The molecule has 1 saturated heterocycles. The molecule has 8 nitrogen and oxygen atoms in total. The van der Waals surface area contributed by atoms with Crippen molar-refractivity contribution in [1.29, 1.82) is 0 Å². The topological polar surface area (TPSA) is 86.4 Å². The minimum absolute atomic E-state index is 0.161. The normalized spacial score (nSPS) is 13.9. The molecule has 3 aromatic rings. The first-order chi connectivity index (χ1) is 15.4. The number of nitrogens with zero attached hydrogens (tertiary/aromatic N) is 4. The highest BCUT2D eigenvalue weighted by atomic mass is 19.1. The monoisotopic (exact) mass is 438 g/mol. The van der Waals surface area contributed by atoms with Crippen LogP contribution in [0, 0.1) is 19.7 Å². The summed E-state index contributed by atoms with van der Waals surface area (Å²) in [5, 5.41) is 4.16. The summed E-state index contributed by atoms with van der Waals surface area (Å²) in [6.45, 7) is 4.84. The Kier molecular flexibility index (Phi) is 6.00. The van der Waals surface area contributed by atoms with Crippen molar-refractivity contribution in [1.82, 2.24) is 19.2 Å². The molecule has 0 radical (unpaired) electrons. The first-order valence-corrected chi connectivity index (χ1v) is 10.3. The first kappa shape index (κ1) is 21.6. The van der Waals surface area contributed by atoms with Crippen molar-refractivity contribution in [2.75, 3.05) is 26.3 Å². The standard InChI is InChI=1S/C23H23FN4O4/c1-15-7-8-18(13-16(15)2)28-23(31)27(14-17-5-3-4-6-19(17)24)22(30)20(25-28)21(29)26-9-11-32-12-10-26/h3-8,13H,9-12,14H2,1-2H3. The lowest BCUT2D eigenvalue weighted by Gasteiger charge is -2.26. The number of aromatic nitrogens is 3. The molecule has 166 valence electrons. The fourth-order valence-corrected chi connectivity index (χ4v) is 3.53. The third kappa shape index (κ3) is 4.11. The van der Waals surface area contributed by atoms with E-state index in [2.05, 4.69) is 5.10 Å². The fraction of sp³-hybridized carbons (Fsp3) is 0.304. The van der Waals surface area contributed by atoms with Crippen LogP contribution in [0.1, 0.15) is 27.2 Å². The minimum atomic E-state index is -0.852. The van der Waals surface area contributed by atoms with E-state index in [-0.39, 0.29) is 17.8 Å². The highest BCUT2D eigenvalue weighted by Crippen LogP contribution is 2.13. The van der Waals surface area contributed by atoms with Gasteiger partial charge >= 0.3 is 5.69 Å². The number of rotatable bonds is 4. The van der Waals surface area contributed by atoms with E-state index >= 15 is 0 Å². The molecule has 4 rings (SSSR count). The second-order valence-electron chi connectivity index (χ2n) is 7.70. The first-order valence-electron chi connectivity index (χ1n) is 10.3. The summed E-state index contributed by atoms with van der Waals surface area (Å²) in [4.78, 5) is 41.0. The minimum Gasteiger partial charge on any atom is -0.378 e. The Labute approximate surface area is 183 Å². The van der Waals surface area contributed by atoms with E-state index in [4.69, 9.17) is 4.74 Å². The molecule has 32 heavy (non-hydrogen) atoms. The van der Waals surface area contributed by atoms with Crippen molar-refractivity contribution in [2.45, 2.75) is 20.4 Å². The Hall–Kier alpha value is -3.59. The third-order valence-electron chi connectivity index (χ3n) is 5.58. The predicted octanol–water partition coefficient (Wildman–Crippen LogP) is 1.67. The van der Waals surface area contributed by atoms with Gasteiger partial charge in [0.15, 0.2) is 0 Å². The molecule has 1 amide bonds. The molecule has 0 atom stereocenters. The van der Waals surface area contributed by atoms with Crippen LogP contribution < -0.4 is 11.2 Å². The highest BCUT2D eigenvalue weighted by Gasteiger charge is 2.26. The zero-order valence-electron chi connectivity index (χ0n) is 17.9. The molecule has 2 aromatic carbocycles. The van der Waals surface area contributed by atoms with E-state index in [1.807, 2.05) is 19.9 Å². The second-order valence-corrected chi connectivity index (χ2v) is 7.70. The second kappa shape index (κ2) is 8.88. The number of benzene rings is 2. The van der Waals surface area contributed by atoms with Crippen LogP contribution in [0.5, 0.6) is 0 Å². The van der Waals surface area contributed by atoms with Gasteiger partial charge in [0.1, 0.15) is 5.82 Å². The van der Waals surface area contributed by atoms with Crippen LogP contribution in [0.15, 0.2) is 52.1 Å². The summed E-state index contributed by atoms with van der Waals surface area (Å²) in [5.74, 6) is -1.13. The maximum absolute atomic E-state index is 14.3. The smallest absolute Gasteiger partial charge is 0.352 e. The average molecular weight is 438 g/mol. The van der Waals surface area contributed by atoms with Crippen molar-refractivity contribution < 1.29 is 13.9 Å². The van der Waals surface area contributed by atoms with Crippen molar-refractivity contribution >= 4 is 5.91 Å². The van der Waals surface area contributed by atoms with Crippen LogP contribution in [-0.2, 0) is 11.3 Å². The Morgan fingerprint density at radius 2 is 1.78 bits per heavy atom. The van der Waals surface area contributed by atoms with Gasteiger partial charge in [-0.3, -0.25) is 14.2 Å². The molecule has 0 N–H and O–H groups in total. The number of carbonyl (C=O) groups excluding carboxylic acids is 1. The molecule has 1 aliphatic rings. The zero-order valence-corrected chi connectivity index (χ0v) is 17.9. The largest absolute Gasteiger partial charge is 0.378 e.